The lowest BCUT2D eigenvalue weighted by atomic mass is 9.88. The molecule has 0 saturated carbocycles. The summed E-state index contributed by atoms with van der Waals surface area (Å²) in [5.74, 6) is -0.00635. The third-order valence-electron chi connectivity index (χ3n) is 5.12. The molecule has 0 unspecified atom stereocenters. The molecule has 2 aliphatic rings. The molecule has 0 spiro atoms. The van der Waals surface area contributed by atoms with Gasteiger partial charge in [0.15, 0.2) is 11.6 Å². The lowest BCUT2D eigenvalue weighted by Crippen LogP contribution is -2.17. The molecule has 4 rings (SSSR count). The Labute approximate surface area is 154 Å². The summed E-state index contributed by atoms with van der Waals surface area (Å²) < 4.78 is 5.39. The van der Waals surface area contributed by atoms with E-state index in [1.165, 1.54) is 10.4 Å². The van der Waals surface area contributed by atoms with Crippen LogP contribution in [0, 0.1) is 6.92 Å². The molecule has 2 aromatic rings. The zero-order valence-corrected chi connectivity index (χ0v) is 15.4. The Bertz CT molecular complexity index is 922. The van der Waals surface area contributed by atoms with Gasteiger partial charge in [0.1, 0.15) is 0 Å². The molecular formula is C19H20N2O4S. The SMILES string of the molecule is Cc1noc(-c2c(CC(=O)C3=C(C(=O)O)CCCC3)sc3c2CCC3)n1. The van der Waals surface area contributed by atoms with Crippen molar-refractivity contribution in [3.05, 3.63) is 32.3 Å². The van der Waals surface area contributed by atoms with Crippen molar-refractivity contribution in [3.8, 4) is 11.5 Å². The van der Waals surface area contributed by atoms with E-state index in [0.717, 1.165) is 42.5 Å². The van der Waals surface area contributed by atoms with Crippen LogP contribution in [0.5, 0.6) is 0 Å². The molecule has 6 nitrogen and oxygen atoms in total. The average Bonchev–Trinajstić information content (AvgIpc) is 3.30. The number of thiophene rings is 1. The number of ketones is 1. The van der Waals surface area contributed by atoms with E-state index in [-0.39, 0.29) is 12.2 Å². The van der Waals surface area contributed by atoms with Gasteiger partial charge in [0.05, 0.1) is 5.56 Å². The summed E-state index contributed by atoms with van der Waals surface area (Å²) in [5, 5.41) is 13.3. The fourth-order valence-electron chi connectivity index (χ4n) is 3.93. The molecule has 2 heterocycles. The van der Waals surface area contributed by atoms with Crippen molar-refractivity contribution >= 4 is 23.1 Å². The largest absolute Gasteiger partial charge is 0.478 e. The number of aromatic nitrogens is 2. The molecule has 2 aliphatic carbocycles. The standard InChI is InChI=1S/C19H20N2O4S/c1-10-20-18(25-21-10)17-13-7-4-8-15(13)26-16(17)9-14(22)11-5-2-3-6-12(11)19(23)24/h2-9H2,1H3,(H,23,24). The first kappa shape index (κ1) is 17.1. The Morgan fingerprint density at radius 3 is 2.58 bits per heavy atom. The summed E-state index contributed by atoms with van der Waals surface area (Å²) in [6, 6.07) is 0. The van der Waals surface area contributed by atoms with E-state index in [1.54, 1.807) is 18.3 Å². The Kier molecular flexibility index (Phi) is 4.48. The van der Waals surface area contributed by atoms with E-state index in [9.17, 15) is 14.7 Å². The van der Waals surface area contributed by atoms with Crippen LogP contribution in [-0.2, 0) is 28.9 Å². The van der Waals surface area contributed by atoms with Gasteiger partial charge in [-0.25, -0.2) is 4.79 Å². The van der Waals surface area contributed by atoms with Gasteiger partial charge in [0, 0.05) is 27.3 Å². The van der Waals surface area contributed by atoms with E-state index in [4.69, 9.17) is 4.52 Å². The van der Waals surface area contributed by atoms with Crippen LogP contribution in [0.2, 0.25) is 0 Å². The van der Waals surface area contributed by atoms with Crippen molar-refractivity contribution in [3.63, 3.8) is 0 Å². The first-order valence-electron chi connectivity index (χ1n) is 8.97. The molecule has 0 atom stereocenters. The number of carboxylic acid groups (broad SMARTS) is 1. The van der Waals surface area contributed by atoms with Crippen molar-refractivity contribution < 1.29 is 19.2 Å². The van der Waals surface area contributed by atoms with Crippen molar-refractivity contribution in [1.82, 2.24) is 10.1 Å². The van der Waals surface area contributed by atoms with Gasteiger partial charge in [0.2, 0.25) is 0 Å². The molecule has 0 amide bonds. The summed E-state index contributed by atoms with van der Waals surface area (Å²) in [4.78, 5) is 31.0. The van der Waals surface area contributed by atoms with E-state index in [0.29, 0.717) is 35.7 Å². The third kappa shape index (κ3) is 3.00. The number of rotatable bonds is 5. The monoisotopic (exact) mass is 372 g/mol. The minimum atomic E-state index is -0.963. The maximum Gasteiger partial charge on any atom is 0.331 e. The van der Waals surface area contributed by atoms with Crippen LogP contribution in [0.4, 0.5) is 0 Å². The number of carbonyl (C=O) groups excluding carboxylic acids is 1. The van der Waals surface area contributed by atoms with Crippen molar-refractivity contribution in [2.24, 2.45) is 0 Å². The number of carboxylic acids is 1. The second-order valence-corrected chi connectivity index (χ2v) is 8.06. The van der Waals surface area contributed by atoms with Crippen LogP contribution < -0.4 is 0 Å². The predicted molar refractivity (Wildman–Crippen MR) is 96.2 cm³/mol. The van der Waals surface area contributed by atoms with Crippen LogP contribution in [0.1, 0.15) is 53.2 Å². The highest BCUT2D eigenvalue weighted by molar-refractivity contribution is 7.12. The Morgan fingerprint density at radius 1 is 1.12 bits per heavy atom. The van der Waals surface area contributed by atoms with Gasteiger partial charge in [-0.2, -0.15) is 4.98 Å². The minimum Gasteiger partial charge on any atom is -0.478 e. The molecule has 0 radical (unpaired) electrons. The van der Waals surface area contributed by atoms with Gasteiger partial charge < -0.3 is 9.63 Å². The van der Waals surface area contributed by atoms with Crippen molar-refractivity contribution in [2.45, 2.75) is 58.3 Å². The third-order valence-corrected chi connectivity index (χ3v) is 6.41. The lowest BCUT2D eigenvalue weighted by Gasteiger charge is -2.16. The van der Waals surface area contributed by atoms with Crippen LogP contribution >= 0.6 is 11.3 Å². The maximum atomic E-state index is 12.9. The maximum absolute atomic E-state index is 12.9. The molecule has 0 aliphatic heterocycles. The van der Waals surface area contributed by atoms with Crippen LogP contribution in [0.3, 0.4) is 0 Å². The minimum absolute atomic E-state index is 0.0838. The fraction of sp³-hybridized carbons (Fsp3) is 0.474. The Hall–Kier alpha value is -2.28. The first-order chi connectivity index (χ1) is 12.5. The van der Waals surface area contributed by atoms with E-state index in [2.05, 4.69) is 10.1 Å². The van der Waals surface area contributed by atoms with Gasteiger partial charge >= 0.3 is 5.97 Å². The first-order valence-corrected chi connectivity index (χ1v) is 9.79. The highest BCUT2D eigenvalue weighted by Gasteiger charge is 2.29. The Morgan fingerprint density at radius 2 is 1.88 bits per heavy atom. The molecule has 0 saturated heterocycles. The summed E-state index contributed by atoms with van der Waals surface area (Å²) in [5.41, 5.74) is 2.91. The quantitative estimate of drug-likeness (QED) is 0.861. The molecule has 136 valence electrons. The van der Waals surface area contributed by atoms with E-state index < -0.39 is 5.97 Å². The molecule has 7 heteroatoms. The van der Waals surface area contributed by atoms with Crippen molar-refractivity contribution in [1.29, 1.82) is 0 Å². The number of fused-ring (bicyclic) bond motifs is 1. The number of carbonyl (C=O) groups is 2. The highest BCUT2D eigenvalue weighted by atomic mass is 32.1. The van der Waals surface area contributed by atoms with Crippen LogP contribution in [-0.4, -0.2) is 27.0 Å². The van der Waals surface area contributed by atoms with Crippen LogP contribution in [0.25, 0.3) is 11.5 Å². The summed E-state index contributed by atoms with van der Waals surface area (Å²) >= 11 is 1.64. The summed E-state index contributed by atoms with van der Waals surface area (Å²) in [7, 11) is 0. The molecule has 1 N–H and O–H groups in total. The second-order valence-electron chi connectivity index (χ2n) is 6.87. The normalized spacial score (nSPS) is 16.8. The smallest absolute Gasteiger partial charge is 0.331 e. The van der Waals surface area contributed by atoms with E-state index in [1.807, 2.05) is 0 Å². The summed E-state index contributed by atoms with van der Waals surface area (Å²) in [6.45, 7) is 1.77. The number of nitrogens with zero attached hydrogens (tertiary/aromatic N) is 2. The number of hydrogen-bond acceptors (Lipinski definition) is 6. The van der Waals surface area contributed by atoms with Gasteiger partial charge in [-0.15, -0.1) is 11.3 Å². The number of aliphatic carboxylic acids is 1. The van der Waals surface area contributed by atoms with Gasteiger partial charge in [-0.05, 0) is 57.4 Å². The van der Waals surface area contributed by atoms with Gasteiger partial charge in [-0.3, -0.25) is 4.79 Å². The zero-order valence-electron chi connectivity index (χ0n) is 14.6. The number of hydrogen-bond donors (Lipinski definition) is 1. The topological polar surface area (TPSA) is 93.3 Å². The molecule has 0 bridgehead atoms. The number of allylic oxidation sites excluding steroid dienone is 1. The predicted octanol–water partition coefficient (Wildman–Crippen LogP) is 3.66. The molecule has 0 aromatic carbocycles. The molecule has 2 aromatic heterocycles. The highest BCUT2D eigenvalue weighted by Crippen LogP contribution is 2.42. The van der Waals surface area contributed by atoms with Gasteiger partial charge in [0.25, 0.3) is 5.89 Å². The van der Waals surface area contributed by atoms with E-state index >= 15 is 0 Å². The molecule has 0 fully saturated rings. The van der Waals surface area contributed by atoms with Gasteiger partial charge in [-0.1, -0.05) is 5.16 Å². The zero-order chi connectivity index (χ0) is 18.3. The molecule has 26 heavy (non-hydrogen) atoms. The number of aryl methyl sites for hydroxylation is 2. The Balaban J connectivity index is 1.71. The molecular weight excluding hydrogens is 352 g/mol. The lowest BCUT2D eigenvalue weighted by molar-refractivity contribution is -0.133. The van der Waals surface area contributed by atoms with Crippen molar-refractivity contribution in [2.75, 3.05) is 0 Å². The number of Topliss-reactive ketones (excluding diaryl/α,β-unsaturated/α-hetero) is 1. The fourth-order valence-corrected chi connectivity index (χ4v) is 5.32. The second kappa shape index (κ2) is 6.79. The van der Waals surface area contributed by atoms with Crippen LogP contribution in [0.15, 0.2) is 15.7 Å². The average molecular weight is 372 g/mol. The summed E-state index contributed by atoms with van der Waals surface area (Å²) in [6.07, 6.45) is 6.02.